The van der Waals surface area contributed by atoms with Gasteiger partial charge in [0.2, 0.25) is 0 Å². The fourth-order valence-electron chi connectivity index (χ4n) is 3.22. The second-order valence-corrected chi connectivity index (χ2v) is 5.85. The molecule has 0 saturated heterocycles. The second kappa shape index (κ2) is 5.58. The van der Waals surface area contributed by atoms with E-state index in [0.29, 0.717) is 12.3 Å². The van der Waals surface area contributed by atoms with Crippen molar-refractivity contribution < 1.29 is 4.39 Å². The minimum atomic E-state index is -0.346. The lowest BCUT2D eigenvalue weighted by Crippen LogP contribution is -2.50. The van der Waals surface area contributed by atoms with Crippen LogP contribution in [0.2, 0.25) is 5.02 Å². The maximum Gasteiger partial charge on any atom is 0.142 e. The van der Waals surface area contributed by atoms with Gasteiger partial charge in [-0.05, 0) is 36.8 Å². The van der Waals surface area contributed by atoms with E-state index in [1.54, 1.807) is 6.07 Å². The Morgan fingerprint density at radius 2 is 2.22 bits per heavy atom. The molecule has 0 amide bonds. The molecule has 0 aromatic heterocycles. The molecule has 1 aliphatic rings. The molecule has 1 fully saturated rings. The van der Waals surface area contributed by atoms with Crippen molar-refractivity contribution in [2.75, 3.05) is 0 Å². The summed E-state index contributed by atoms with van der Waals surface area (Å²) >= 11 is 6.03. The minimum Gasteiger partial charge on any atom is -0.325 e. The van der Waals surface area contributed by atoms with Crippen LogP contribution in [0.15, 0.2) is 18.2 Å². The maximum atomic E-state index is 13.5. The second-order valence-electron chi connectivity index (χ2n) is 5.47. The summed E-state index contributed by atoms with van der Waals surface area (Å²) in [4.78, 5) is 0. The maximum absolute atomic E-state index is 13.5. The van der Waals surface area contributed by atoms with E-state index in [9.17, 15) is 4.39 Å². The molecule has 1 nitrogen and oxygen atoms in total. The predicted molar refractivity (Wildman–Crippen MR) is 74.3 cm³/mol. The van der Waals surface area contributed by atoms with Crippen LogP contribution < -0.4 is 5.73 Å². The zero-order valence-electron chi connectivity index (χ0n) is 10.9. The van der Waals surface area contributed by atoms with Gasteiger partial charge in [-0.2, -0.15) is 0 Å². The summed E-state index contributed by atoms with van der Waals surface area (Å²) in [6.45, 7) is 2.19. The first-order valence-corrected chi connectivity index (χ1v) is 7.16. The highest BCUT2D eigenvalue weighted by Crippen LogP contribution is 2.37. The van der Waals surface area contributed by atoms with Gasteiger partial charge in [0.25, 0.3) is 0 Å². The summed E-state index contributed by atoms with van der Waals surface area (Å²) in [5.41, 5.74) is 7.21. The Morgan fingerprint density at radius 1 is 1.44 bits per heavy atom. The van der Waals surface area contributed by atoms with E-state index in [0.717, 1.165) is 18.4 Å². The van der Waals surface area contributed by atoms with Crippen molar-refractivity contribution in [1.29, 1.82) is 0 Å². The zero-order valence-corrected chi connectivity index (χ0v) is 11.6. The lowest BCUT2D eigenvalue weighted by atomic mass is 9.69. The lowest BCUT2D eigenvalue weighted by molar-refractivity contribution is 0.182. The summed E-state index contributed by atoms with van der Waals surface area (Å²) in [6.07, 6.45) is 6.39. The third-order valence-corrected chi connectivity index (χ3v) is 4.73. The van der Waals surface area contributed by atoms with Crippen LogP contribution in [0.1, 0.15) is 44.6 Å². The van der Waals surface area contributed by atoms with Gasteiger partial charge in [-0.25, -0.2) is 4.39 Å². The molecule has 1 aromatic carbocycles. The molecule has 0 spiro atoms. The third kappa shape index (κ3) is 2.70. The normalized spacial score (nSPS) is 28.3. The van der Waals surface area contributed by atoms with Crippen LogP contribution in [0.25, 0.3) is 0 Å². The number of benzene rings is 1. The summed E-state index contributed by atoms with van der Waals surface area (Å²) < 4.78 is 13.5. The molecule has 2 atom stereocenters. The van der Waals surface area contributed by atoms with E-state index in [4.69, 9.17) is 17.3 Å². The first-order chi connectivity index (χ1) is 8.57. The fourth-order valence-corrected chi connectivity index (χ4v) is 3.41. The van der Waals surface area contributed by atoms with Gasteiger partial charge >= 0.3 is 0 Å². The summed E-state index contributed by atoms with van der Waals surface area (Å²) in [7, 11) is 0. The van der Waals surface area contributed by atoms with Gasteiger partial charge in [-0.15, -0.1) is 0 Å². The molecule has 0 radical (unpaired) electrons. The first-order valence-electron chi connectivity index (χ1n) is 6.78. The molecule has 2 rings (SSSR count). The summed E-state index contributed by atoms with van der Waals surface area (Å²) in [6, 6.07) is 5.00. The molecule has 1 saturated carbocycles. The van der Waals surface area contributed by atoms with Gasteiger partial charge in [-0.3, -0.25) is 0 Å². The van der Waals surface area contributed by atoms with Crippen LogP contribution >= 0.6 is 11.6 Å². The van der Waals surface area contributed by atoms with E-state index in [1.165, 1.54) is 25.3 Å². The smallest absolute Gasteiger partial charge is 0.142 e. The van der Waals surface area contributed by atoms with Crippen molar-refractivity contribution >= 4 is 11.6 Å². The Hall–Kier alpha value is -0.600. The number of halogens is 2. The van der Waals surface area contributed by atoms with Gasteiger partial charge in [0, 0.05) is 5.54 Å². The van der Waals surface area contributed by atoms with Crippen molar-refractivity contribution in [2.45, 2.75) is 51.0 Å². The lowest BCUT2D eigenvalue weighted by Gasteiger charge is -2.41. The van der Waals surface area contributed by atoms with Crippen molar-refractivity contribution in [3.05, 3.63) is 34.6 Å². The van der Waals surface area contributed by atoms with Gasteiger partial charge in [0.05, 0.1) is 5.02 Å². The Labute approximate surface area is 114 Å². The Balaban J connectivity index is 2.23. The van der Waals surface area contributed by atoms with Crippen molar-refractivity contribution in [1.82, 2.24) is 0 Å². The highest BCUT2D eigenvalue weighted by atomic mass is 35.5. The molecule has 1 aromatic rings. The number of rotatable bonds is 3. The molecule has 3 heteroatoms. The third-order valence-electron chi connectivity index (χ3n) is 4.30. The Bertz CT molecular complexity index is 421. The summed E-state index contributed by atoms with van der Waals surface area (Å²) in [5.74, 6) is 0.173. The number of nitrogens with two attached hydrogens (primary N) is 1. The van der Waals surface area contributed by atoms with Gasteiger partial charge in [0.15, 0.2) is 0 Å². The van der Waals surface area contributed by atoms with Crippen LogP contribution in [0.5, 0.6) is 0 Å². The zero-order chi connectivity index (χ0) is 13.2. The van der Waals surface area contributed by atoms with E-state index in [-0.39, 0.29) is 16.4 Å². The van der Waals surface area contributed by atoms with Crippen LogP contribution in [-0.2, 0) is 6.42 Å². The van der Waals surface area contributed by atoms with Crippen LogP contribution in [0, 0.1) is 11.7 Å². The molecule has 0 aliphatic heterocycles. The Morgan fingerprint density at radius 3 is 2.94 bits per heavy atom. The van der Waals surface area contributed by atoms with Crippen molar-refractivity contribution in [2.24, 2.45) is 11.7 Å². The van der Waals surface area contributed by atoms with Crippen molar-refractivity contribution in [3.63, 3.8) is 0 Å². The molecule has 2 unspecified atom stereocenters. The van der Waals surface area contributed by atoms with Gasteiger partial charge in [-0.1, -0.05) is 49.9 Å². The molecule has 18 heavy (non-hydrogen) atoms. The highest BCUT2D eigenvalue weighted by Gasteiger charge is 2.36. The molecule has 0 heterocycles. The molecular formula is C15H21ClFN. The topological polar surface area (TPSA) is 26.0 Å². The average molecular weight is 270 g/mol. The predicted octanol–water partition coefficient (Wildman–Crippen LogP) is 4.32. The molecule has 100 valence electrons. The highest BCUT2D eigenvalue weighted by molar-refractivity contribution is 6.31. The van der Waals surface area contributed by atoms with Crippen molar-refractivity contribution in [3.8, 4) is 0 Å². The van der Waals surface area contributed by atoms with E-state index in [1.807, 2.05) is 6.07 Å². The molecule has 0 bridgehead atoms. The van der Waals surface area contributed by atoms with Crippen LogP contribution in [-0.4, -0.2) is 5.54 Å². The van der Waals surface area contributed by atoms with E-state index >= 15 is 0 Å². The SMILES string of the molecule is CCC1CCCCC1(N)Cc1cccc(F)c1Cl. The number of hydrogen-bond acceptors (Lipinski definition) is 1. The molecule has 2 N–H and O–H groups in total. The fraction of sp³-hybridized carbons (Fsp3) is 0.600. The average Bonchev–Trinajstić information content (AvgIpc) is 2.35. The minimum absolute atomic E-state index is 0.218. The van der Waals surface area contributed by atoms with Crippen LogP contribution in [0.4, 0.5) is 4.39 Å². The van der Waals surface area contributed by atoms with Gasteiger partial charge < -0.3 is 5.73 Å². The first kappa shape index (κ1) is 13.8. The standard InChI is InChI=1S/C15H21ClFN/c1-2-12-7-3-4-9-15(12,18)10-11-6-5-8-13(17)14(11)16/h5-6,8,12H,2-4,7,9-10,18H2,1H3. The van der Waals surface area contributed by atoms with Gasteiger partial charge in [0.1, 0.15) is 5.82 Å². The quantitative estimate of drug-likeness (QED) is 0.869. The molecule has 1 aliphatic carbocycles. The monoisotopic (exact) mass is 269 g/mol. The number of hydrogen-bond donors (Lipinski definition) is 1. The van der Waals surface area contributed by atoms with Crippen LogP contribution in [0.3, 0.4) is 0 Å². The molecular weight excluding hydrogens is 249 g/mol. The van der Waals surface area contributed by atoms with E-state index in [2.05, 4.69) is 6.92 Å². The van der Waals surface area contributed by atoms with E-state index < -0.39 is 0 Å². The summed E-state index contributed by atoms with van der Waals surface area (Å²) in [5, 5.41) is 0.239. The Kier molecular flexibility index (Phi) is 4.29. The largest absolute Gasteiger partial charge is 0.325 e.